The van der Waals surface area contributed by atoms with E-state index in [0.29, 0.717) is 6.54 Å². The molecule has 0 heterocycles. The molecule has 0 radical (unpaired) electrons. The summed E-state index contributed by atoms with van der Waals surface area (Å²) in [5, 5.41) is 4.10. The van der Waals surface area contributed by atoms with Crippen LogP contribution in [0.3, 0.4) is 0 Å². The predicted octanol–water partition coefficient (Wildman–Crippen LogP) is 2.26. The number of rotatable bonds is 4. The zero-order chi connectivity index (χ0) is 10.6. The van der Waals surface area contributed by atoms with E-state index in [-0.39, 0.29) is 0 Å². The van der Waals surface area contributed by atoms with Gasteiger partial charge in [0.1, 0.15) is 5.75 Å². The van der Waals surface area contributed by atoms with Crippen LogP contribution < -0.4 is 9.64 Å². The van der Waals surface area contributed by atoms with Crippen molar-refractivity contribution in [1.29, 1.82) is 0 Å². The van der Waals surface area contributed by atoms with Gasteiger partial charge in [-0.2, -0.15) is 7.05 Å². The lowest BCUT2D eigenvalue weighted by Gasteiger charge is -2.18. The molecule has 0 N–H and O–H groups in total. The fraction of sp³-hybridized carbons (Fsp3) is 0.455. The molecule has 1 aromatic carbocycles. The Balaban J connectivity index is 2.98. The van der Waals surface area contributed by atoms with Gasteiger partial charge in [-0.05, 0) is 11.6 Å². The zero-order valence-electron chi connectivity index (χ0n) is 9.24. The smallest absolute Gasteiger partial charge is 0.122 e. The molecule has 1 aromatic rings. The third kappa shape index (κ3) is 2.39. The molecule has 0 unspecified atom stereocenters. The van der Waals surface area contributed by atoms with Gasteiger partial charge in [-0.25, -0.2) is 0 Å². The molecule has 0 spiro atoms. The van der Waals surface area contributed by atoms with E-state index in [1.54, 1.807) is 14.2 Å². The third-order valence-electron chi connectivity index (χ3n) is 2.12. The first-order chi connectivity index (χ1) is 6.69. The molecule has 3 heteroatoms. The lowest BCUT2D eigenvalue weighted by atomic mass is 10.1. The van der Waals surface area contributed by atoms with Crippen molar-refractivity contribution in [2.75, 3.05) is 33.2 Å². The van der Waals surface area contributed by atoms with Gasteiger partial charge in [0.05, 0.1) is 7.11 Å². The summed E-state index contributed by atoms with van der Waals surface area (Å²) in [7, 11) is 7.52. The number of hydrogen-bond acceptors (Lipinski definition) is 2. The van der Waals surface area contributed by atoms with Crippen LogP contribution in [0.4, 0.5) is 5.69 Å². The van der Waals surface area contributed by atoms with E-state index in [2.05, 4.69) is 22.3 Å². The standard InChI is InChI=1S/C11H17N2O/c1-12-8-9-5-6-10(13(2)3)7-11(9)14-4/h5-7H,8H2,1-4H3/q-1. The van der Waals surface area contributed by atoms with Crippen molar-refractivity contribution in [3.05, 3.63) is 29.1 Å². The fourth-order valence-electron chi connectivity index (χ4n) is 1.31. The minimum absolute atomic E-state index is 0.705. The summed E-state index contributed by atoms with van der Waals surface area (Å²) in [6.07, 6.45) is 0. The van der Waals surface area contributed by atoms with Crippen LogP contribution in [0.1, 0.15) is 5.56 Å². The first-order valence-corrected chi connectivity index (χ1v) is 4.59. The van der Waals surface area contributed by atoms with Crippen LogP contribution in [-0.2, 0) is 6.54 Å². The van der Waals surface area contributed by atoms with Crippen molar-refractivity contribution in [3.8, 4) is 5.75 Å². The quantitative estimate of drug-likeness (QED) is 0.733. The van der Waals surface area contributed by atoms with Gasteiger partial charge in [-0.1, -0.05) is 6.07 Å². The Bertz CT molecular complexity index is 297. The lowest BCUT2D eigenvalue weighted by Crippen LogP contribution is -2.08. The molecule has 0 fully saturated rings. The lowest BCUT2D eigenvalue weighted by molar-refractivity contribution is 0.410. The summed E-state index contributed by atoms with van der Waals surface area (Å²) in [6.45, 7) is 0.705. The molecule has 14 heavy (non-hydrogen) atoms. The monoisotopic (exact) mass is 193 g/mol. The Labute approximate surface area is 85.7 Å². The zero-order valence-corrected chi connectivity index (χ0v) is 9.24. The summed E-state index contributed by atoms with van der Waals surface area (Å²) in [5.74, 6) is 0.904. The van der Waals surface area contributed by atoms with Crippen molar-refractivity contribution < 1.29 is 4.74 Å². The molecule has 0 aliphatic carbocycles. The molecule has 0 saturated heterocycles. The van der Waals surface area contributed by atoms with Gasteiger partial charge in [-0.3, -0.25) is 0 Å². The molecule has 0 aliphatic heterocycles. The van der Waals surface area contributed by atoms with Gasteiger partial charge >= 0.3 is 0 Å². The van der Waals surface area contributed by atoms with Gasteiger partial charge in [0.25, 0.3) is 0 Å². The van der Waals surface area contributed by atoms with Crippen LogP contribution in [0, 0.1) is 0 Å². The highest BCUT2D eigenvalue weighted by atomic mass is 16.5. The second-order valence-corrected chi connectivity index (χ2v) is 3.36. The van der Waals surface area contributed by atoms with Gasteiger partial charge in [-0.15, -0.1) is 6.54 Å². The van der Waals surface area contributed by atoms with E-state index in [1.165, 1.54) is 0 Å². The van der Waals surface area contributed by atoms with Crippen LogP contribution in [0.2, 0.25) is 0 Å². The molecule has 0 saturated carbocycles. The van der Waals surface area contributed by atoms with E-state index >= 15 is 0 Å². The second kappa shape index (κ2) is 4.86. The maximum absolute atomic E-state index is 5.30. The first kappa shape index (κ1) is 10.9. The fourth-order valence-corrected chi connectivity index (χ4v) is 1.31. The van der Waals surface area contributed by atoms with Crippen LogP contribution >= 0.6 is 0 Å². The molecule has 3 nitrogen and oxygen atoms in total. The largest absolute Gasteiger partial charge is 0.661 e. The SMILES string of the molecule is C[N-]Cc1ccc(N(C)C)cc1OC. The van der Waals surface area contributed by atoms with Gasteiger partial charge < -0.3 is 15.0 Å². The highest BCUT2D eigenvalue weighted by Gasteiger charge is 2.01. The molecule has 0 atom stereocenters. The van der Waals surface area contributed by atoms with E-state index in [1.807, 2.05) is 20.2 Å². The Kier molecular flexibility index (Phi) is 3.77. The minimum Gasteiger partial charge on any atom is -0.661 e. The van der Waals surface area contributed by atoms with Gasteiger partial charge in [0.2, 0.25) is 0 Å². The first-order valence-electron chi connectivity index (χ1n) is 4.59. The normalized spacial score (nSPS) is 10.0. The summed E-state index contributed by atoms with van der Waals surface area (Å²) >= 11 is 0. The number of ether oxygens (including phenoxy) is 1. The van der Waals surface area contributed by atoms with E-state index in [4.69, 9.17) is 4.74 Å². The van der Waals surface area contributed by atoms with Crippen LogP contribution in [0.25, 0.3) is 5.32 Å². The molecule has 1 rings (SSSR count). The molecular weight excluding hydrogens is 176 g/mol. The van der Waals surface area contributed by atoms with E-state index < -0.39 is 0 Å². The molecule has 0 aromatic heterocycles. The second-order valence-electron chi connectivity index (χ2n) is 3.36. The Morgan fingerprint density at radius 3 is 2.57 bits per heavy atom. The van der Waals surface area contributed by atoms with E-state index in [0.717, 1.165) is 17.0 Å². The molecule has 78 valence electrons. The molecular formula is C11H17N2O-. The number of methoxy groups -OCH3 is 1. The Morgan fingerprint density at radius 1 is 1.36 bits per heavy atom. The van der Waals surface area contributed by atoms with Crippen molar-refractivity contribution in [1.82, 2.24) is 0 Å². The number of hydrogen-bond donors (Lipinski definition) is 0. The summed E-state index contributed by atoms with van der Waals surface area (Å²) in [5.41, 5.74) is 2.27. The number of nitrogens with zero attached hydrogens (tertiary/aromatic N) is 2. The average molecular weight is 193 g/mol. The van der Waals surface area contributed by atoms with E-state index in [9.17, 15) is 0 Å². The van der Waals surface area contributed by atoms with Gasteiger partial charge in [0.15, 0.2) is 0 Å². The van der Waals surface area contributed by atoms with Crippen LogP contribution in [-0.4, -0.2) is 28.3 Å². The topological polar surface area (TPSA) is 26.6 Å². The van der Waals surface area contributed by atoms with Crippen molar-refractivity contribution in [2.45, 2.75) is 6.54 Å². The van der Waals surface area contributed by atoms with Crippen molar-refractivity contribution in [2.24, 2.45) is 0 Å². The molecule has 0 aliphatic rings. The predicted molar refractivity (Wildman–Crippen MR) is 60.3 cm³/mol. The third-order valence-corrected chi connectivity index (χ3v) is 2.12. The highest BCUT2D eigenvalue weighted by molar-refractivity contribution is 5.53. The molecule has 0 amide bonds. The van der Waals surface area contributed by atoms with Crippen molar-refractivity contribution in [3.63, 3.8) is 0 Å². The summed E-state index contributed by atoms with van der Waals surface area (Å²) in [6, 6.07) is 6.16. The number of anilines is 1. The maximum Gasteiger partial charge on any atom is 0.122 e. The average Bonchev–Trinajstić information content (AvgIpc) is 2.18. The Morgan fingerprint density at radius 2 is 2.07 bits per heavy atom. The van der Waals surface area contributed by atoms with Crippen LogP contribution in [0.15, 0.2) is 18.2 Å². The highest BCUT2D eigenvalue weighted by Crippen LogP contribution is 2.25. The van der Waals surface area contributed by atoms with Crippen LogP contribution in [0.5, 0.6) is 5.75 Å². The summed E-state index contributed by atoms with van der Waals surface area (Å²) in [4.78, 5) is 2.05. The summed E-state index contributed by atoms with van der Waals surface area (Å²) < 4.78 is 5.30. The molecule has 0 bridgehead atoms. The maximum atomic E-state index is 5.30. The number of benzene rings is 1. The minimum atomic E-state index is 0.705. The Hall–Kier alpha value is -1.22. The van der Waals surface area contributed by atoms with Crippen molar-refractivity contribution >= 4 is 5.69 Å². The van der Waals surface area contributed by atoms with Gasteiger partial charge in [0, 0.05) is 25.8 Å².